The van der Waals surface area contributed by atoms with Crippen molar-refractivity contribution < 1.29 is 14.6 Å². The van der Waals surface area contributed by atoms with E-state index in [9.17, 15) is 4.79 Å². The lowest BCUT2D eigenvalue weighted by Gasteiger charge is -2.16. The molecule has 0 atom stereocenters. The van der Waals surface area contributed by atoms with Gasteiger partial charge in [0.15, 0.2) is 0 Å². The Kier molecular flexibility index (Phi) is 3.57. The Hall–Kier alpha value is -1.35. The van der Waals surface area contributed by atoms with E-state index >= 15 is 0 Å². The van der Waals surface area contributed by atoms with Gasteiger partial charge in [-0.1, -0.05) is 18.2 Å². The Morgan fingerprint density at radius 1 is 1.25 bits per heavy atom. The summed E-state index contributed by atoms with van der Waals surface area (Å²) in [6.07, 6.45) is 3.17. The number of hydrogen-bond acceptors (Lipinski definition) is 3. The van der Waals surface area contributed by atoms with Crippen LogP contribution in [0, 0.1) is 0 Å². The predicted molar refractivity (Wildman–Crippen MR) is 60.0 cm³/mol. The fourth-order valence-electron chi connectivity index (χ4n) is 1.95. The lowest BCUT2D eigenvalue weighted by Crippen LogP contribution is -2.16. The molecule has 3 heteroatoms. The summed E-state index contributed by atoms with van der Waals surface area (Å²) in [5.41, 5.74) is 3.45. The smallest absolute Gasteiger partial charge is 0.310 e. The first-order valence-electron chi connectivity index (χ1n) is 5.67. The molecule has 0 fully saturated rings. The number of ether oxygens (including phenoxy) is 1. The maximum atomic E-state index is 11.1. The summed E-state index contributed by atoms with van der Waals surface area (Å²) in [7, 11) is 0. The topological polar surface area (TPSA) is 46.5 Å². The third-order valence-corrected chi connectivity index (χ3v) is 2.87. The molecule has 1 heterocycles. The van der Waals surface area contributed by atoms with Gasteiger partial charge in [0, 0.05) is 6.61 Å². The van der Waals surface area contributed by atoms with Gasteiger partial charge in [-0.15, -0.1) is 0 Å². The molecule has 0 radical (unpaired) electrons. The number of fused-ring (bicyclic) bond motifs is 1. The molecule has 1 aliphatic rings. The number of hydrogen-bond donors (Lipinski definition) is 1. The summed E-state index contributed by atoms with van der Waals surface area (Å²) in [5, 5.41) is 8.71. The average molecular weight is 220 g/mol. The van der Waals surface area contributed by atoms with Crippen molar-refractivity contribution in [2.75, 3.05) is 6.61 Å². The summed E-state index contributed by atoms with van der Waals surface area (Å²) in [6, 6.07) is 6.21. The molecule has 16 heavy (non-hydrogen) atoms. The molecule has 0 unspecified atom stereocenters. The van der Waals surface area contributed by atoms with Crippen LogP contribution in [-0.2, 0) is 29.0 Å². The number of unbranched alkanes of at least 4 members (excludes halogenated alkanes) is 1. The van der Waals surface area contributed by atoms with Crippen LogP contribution in [0.25, 0.3) is 0 Å². The van der Waals surface area contributed by atoms with Gasteiger partial charge in [-0.3, -0.25) is 4.79 Å². The maximum Gasteiger partial charge on any atom is 0.310 e. The van der Waals surface area contributed by atoms with Crippen molar-refractivity contribution in [3.63, 3.8) is 0 Å². The van der Waals surface area contributed by atoms with Crippen molar-refractivity contribution in [2.24, 2.45) is 0 Å². The molecule has 0 spiro atoms. The summed E-state index contributed by atoms with van der Waals surface area (Å²) in [5.74, 6) is -0.139. The van der Waals surface area contributed by atoms with E-state index in [2.05, 4.69) is 12.1 Å². The van der Waals surface area contributed by atoms with Crippen LogP contribution >= 0.6 is 0 Å². The second-order valence-electron chi connectivity index (χ2n) is 4.12. The van der Waals surface area contributed by atoms with Gasteiger partial charge in [-0.05, 0) is 36.0 Å². The number of rotatable bonds is 4. The van der Waals surface area contributed by atoms with Gasteiger partial charge in [0.2, 0.25) is 0 Å². The summed E-state index contributed by atoms with van der Waals surface area (Å²) < 4.78 is 4.97. The molecule has 0 amide bonds. The van der Waals surface area contributed by atoms with Crippen LogP contribution in [0.4, 0.5) is 0 Å². The lowest BCUT2D eigenvalue weighted by atomic mass is 9.98. The Morgan fingerprint density at radius 3 is 2.94 bits per heavy atom. The molecule has 86 valence electrons. The number of cyclic esters (lactones) is 1. The number of aliphatic hydroxyl groups excluding tert-OH is 1. The number of aryl methyl sites for hydroxylation is 1. The van der Waals surface area contributed by atoms with Crippen molar-refractivity contribution in [2.45, 2.75) is 32.3 Å². The first kappa shape index (κ1) is 11.1. The van der Waals surface area contributed by atoms with Crippen LogP contribution in [0.5, 0.6) is 0 Å². The number of benzene rings is 1. The van der Waals surface area contributed by atoms with Crippen LogP contribution in [0.15, 0.2) is 18.2 Å². The van der Waals surface area contributed by atoms with Crippen LogP contribution in [-0.4, -0.2) is 17.7 Å². The molecule has 0 aliphatic carbocycles. The average Bonchev–Trinajstić information content (AvgIpc) is 2.29. The second-order valence-corrected chi connectivity index (χ2v) is 4.12. The highest BCUT2D eigenvalue weighted by molar-refractivity contribution is 5.74. The standard InChI is InChI=1S/C13H16O3/c14-6-2-1-3-10-4-5-11-9-16-13(15)8-12(11)7-10/h4-5,7,14H,1-3,6,8-9H2. The fraction of sp³-hybridized carbons (Fsp3) is 0.462. The van der Waals surface area contributed by atoms with Gasteiger partial charge in [0.25, 0.3) is 0 Å². The fourth-order valence-corrected chi connectivity index (χ4v) is 1.95. The SMILES string of the molecule is O=C1Cc2cc(CCCCO)ccc2CO1. The zero-order valence-corrected chi connectivity index (χ0v) is 9.24. The monoisotopic (exact) mass is 220 g/mol. The first-order valence-corrected chi connectivity index (χ1v) is 5.67. The van der Waals surface area contributed by atoms with E-state index in [1.807, 2.05) is 6.07 Å². The van der Waals surface area contributed by atoms with Crippen LogP contribution in [0.1, 0.15) is 29.5 Å². The molecule has 3 nitrogen and oxygen atoms in total. The van der Waals surface area contributed by atoms with Crippen molar-refractivity contribution in [1.82, 2.24) is 0 Å². The van der Waals surface area contributed by atoms with E-state index in [0.29, 0.717) is 13.0 Å². The molecule has 1 aromatic rings. The quantitative estimate of drug-likeness (QED) is 0.619. The van der Waals surface area contributed by atoms with Gasteiger partial charge in [0.05, 0.1) is 6.42 Å². The zero-order chi connectivity index (χ0) is 11.4. The number of aliphatic hydroxyl groups is 1. The number of carbonyl (C=O) groups excluding carboxylic acids is 1. The third kappa shape index (κ3) is 2.61. The van der Waals surface area contributed by atoms with E-state index < -0.39 is 0 Å². The molecular weight excluding hydrogens is 204 g/mol. The van der Waals surface area contributed by atoms with Gasteiger partial charge >= 0.3 is 5.97 Å². The van der Waals surface area contributed by atoms with Gasteiger partial charge in [-0.2, -0.15) is 0 Å². The summed E-state index contributed by atoms with van der Waals surface area (Å²) >= 11 is 0. The van der Waals surface area contributed by atoms with Crippen molar-refractivity contribution in [3.8, 4) is 0 Å². The molecule has 2 rings (SSSR count). The van der Waals surface area contributed by atoms with E-state index in [1.54, 1.807) is 0 Å². The van der Waals surface area contributed by atoms with E-state index in [1.165, 1.54) is 5.56 Å². The van der Waals surface area contributed by atoms with Crippen LogP contribution < -0.4 is 0 Å². The highest BCUT2D eigenvalue weighted by Gasteiger charge is 2.16. The van der Waals surface area contributed by atoms with Crippen LogP contribution in [0.2, 0.25) is 0 Å². The highest BCUT2D eigenvalue weighted by Crippen LogP contribution is 2.19. The Morgan fingerprint density at radius 2 is 2.12 bits per heavy atom. The molecule has 0 saturated heterocycles. The van der Waals surface area contributed by atoms with Crippen molar-refractivity contribution in [3.05, 3.63) is 34.9 Å². The molecular formula is C13H16O3. The normalized spacial score (nSPS) is 14.4. The van der Waals surface area contributed by atoms with Crippen molar-refractivity contribution in [1.29, 1.82) is 0 Å². The zero-order valence-electron chi connectivity index (χ0n) is 9.24. The lowest BCUT2D eigenvalue weighted by molar-refractivity contribution is -0.145. The minimum atomic E-state index is -0.139. The van der Waals surface area contributed by atoms with E-state index in [4.69, 9.17) is 9.84 Å². The minimum Gasteiger partial charge on any atom is -0.461 e. The maximum absolute atomic E-state index is 11.1. The summed E-state index contributed by atoms with van der Waals surface area (Å²) in [6.45, 7) is 0.655. The first-order chi connectivity index (χ1) is 7.79. The van der Waals surface area contributed by atoms with Crippen molar-refractivity contribution >= 4 is 5.97 Å². The predicted octanol–water partition coefficient (Wildman–Crippen LogP) is 1.60. The Labute approximate surface area is 95.0 Å². The van der Waals surface area contributed by atoms with Crippen LogP contribution in [0.3, 0.4) is 0 Å². The Balaban J connectivity index is 2.06. The minimum absolute atomic E-state index is 0.139. The Bertz CT molecular complexity index is 385. The summed E-state index contributed by atoms with van der Waals surface area (Å²) in [4.78, 5) is 11.1. The van der Waals surface area contributed by atoms with Gasteiger partial charge in [-0.25, -0.2) is 0 Å². The molecule has 1 N–H and O–H groups in total. The number of esters is 1. The molecule has 0 aromatic heterocycles. The molecule has 1 aliphatic heterocycles. The van der Waals surface area contributed by atoms with E-state index in [0.717, 1.165) is 30.4 Å². The highest BCUT2D eigenvalue weighted by atomic mass is 16.5. The molecule has 1 aromatic carbocycles. The molecule has 0 bridgehead atoms. The number of carbonyl (C=O) groups is 1. The van der Waals surface area contributed by atoms with Gasteiger partial charge in [0.1, 0.15) is 6.61 Å². The molecule has 0 saturated carbocycles. The second kappa shape index (κ2) is 5.12. The third-order valence-electron chi connectivity index (χ3n) is 2.87. The van der Waals surface area contributed by atoms with Gasteiger partial charge < -0.3 is 9.84 Å². The van der Waals surface area contributed by atoms with E-state index in [-0.39, 0.29) is 12.6 Å². The largest absolute Gasteiger partial charge is 0.461 e.